The van der Waals surface area contributed by atoms with E-state index >= 15 is 0 Å². The molecule has 3 heteroatoms. The molecule has 3 nitrogen and oxygen atoms in total. The van der Waals surface area contributed by atoms with Gasteiger partial charge in [0.1, 0.15) is 5.75 Å². The first-order valence-electron chi connectivity index (χ1n) is 7.79. The van der Waals surface area contributed by atoms with Crippen LogP contribution < -0.4 is 10.1 Å². The Morgan fingerprint density at radius 3 is 2.90 bits per heavy atom. The second-order valence-corrected chi connectivity index (χ2v) is 6.72. The second-order valence-electron chi connectivity index (χ2n) is 6.72. The summed E-state index contributed by atoms with van der Waals surface area (Å²) in [6.45, 7) is 7.65. The summed E-state index contributed by atoms with van der Waals surface area (Å²) >= 11 is 0. The lowest BCUT2D eigenvalue weighted by Crippen LogP contribution is -2.39. The molecule has 0 unspecified atom stereocenters. The third kappa shape index (κ3) is 2.99. The molecule has 1 fully saturated rings. The van der Waals surface area contributed by atoms with Gasteiger partial charge < -0.3 is 15.0 Å². The van der Waals surface area contributed by atoms with E-state index in [1.807, 2.05) is 0 Å². The summed E-state index contributed by atoms with van der Waals surface area (Å²) in [5, 5.41) is 3.42. The van der Waals surface area contributed by atoms with Crippen molar-refractivity contribution >= 4 is 0 Å². The van der Waals surface area contributed by atoms with Crippen molar-refractivity contribution in [1.82, 2.24) is 10.2 Å². The zero-order valence-corrected chi connectivity index (χ0v) is 12.7. The summed E-state index contributed by atoms with van der Waals surface area (Å²) in [5.41, 5.74) is 3.16. The first-order chi connectivity index (χ1) is 9.66. The van der Waals surface area contributed by atoms with E-state index in [4.69, 9.17) is 4.74 Å². The van der Waals surface area contributed by atoms with E-state index in [1.165, 1.54) is 37.1 Å². The lowest BCUT2D eigenvalue weighted by atomic mass is 9.81. The normalized spacial score (nSPS) is 22.3. The van der Waals surface area contributed by atoms with Crippen molar-refractivity contribution < 1.29 is 4.74 Å². The molecule has 0 atom stereocenters. The molecule has 20 heavy (non-hydrogen) atoms. The predicted octanol–water partition coefficient (Wildman–Crippen LogP) is 2.44. The molecule has 2 heterocycles. The van der Waals surface area contributed by atoms with E-state index < -0.39 is 0 Å². The van der Waals surface area contributed by atoms with Crippen molar-refractivity contribution in [3.8, 4) is 5.75 Å². The minimum absolute atomic E-state index is 0.335. The van der Waals surface area contributed by atoms with Crippen molar-refractivity contribution in [2.75, 3.05) is 33.3 Å². The number of fused-ring (bicyclic) bond motifs is 1. The van der Waals surface area contributed by atoms with Crippen molar-refractivity contribution in [3.05, 3.63) is 29.3 Å². The number of hydrogen-bond acceptors (Lipinski definition) is 3. The monoisotopic (exact) mass is 274 g/mol. The minimum atomic E-state index is 0.335. The highest BCUT2D eigenvalue weighted by Gasteiger charge is 2.30. The van der Waals surface area contributed by atoms with Gasteiger partial charge in [-0.1, -0.05) is 19.1 Å². The summed E-state index contributed by atoms with van der Waals surface area (Å²) in [7, 11) is 2.21. The molecule has 0 aliphatic carbocycles. The van der Waals surface area contributed by atoms with E-state index in [1.54, 1.807) is 0 Å². The number of nitrogens with one attached hydrogen (secondary N) is 1. The molecule has 0 radical (unpaired) electrons. The first-order valence-corrected chi connectivity index (χ1v) is 7.79. The smallest absolute Gasteiger partial charge is 0.122 e. The first kappa shape index (κ1) is 13.9. The molecule has 1 N–H and O–H groups in total. The van der Waals surface area contributed by atoms with E-state index in [0.717, 1.165) is 31.9 Å². The molecule has 0 amide bonds. The van der Waals surface area contributed by atoms with Crippen LogP contribution in [0.2, 0.25) is 0 Å². The van der Waals surface area contributed by atoms with Gasteiger partial charge in [-0.05, 0) is 63.1 Å². The predicted molar refractivity (Wildman–Crippen MR) is 82.2 cm³/mol. The molecule has 110 valence electrons. The number of ether oxygens (including phenoxy) is 1. The van der Waals surface area contributed by atoms with Gasteiger partial charge in [0.15, 0.2) is 0 Å². The molecule has 0 spiro atoms. The maximum absolute atomic E-state index is 6.24. The van der Waals surface area contributed by atoms with Crippen LogP contribution in [-0.4, -0.2) is 38.2 Å². The summed E-state index contributed by atoms with van der Waals surface area (Å²) in [5.74, 6) is 1.11. The highest BCUT2D eigenvalue weighted by Crippen LogP contribution is 2.33. The van der Waals surface area contributed by atoms with Crippen LogP contribution in [0.5, 0.6) is 5.75 Å². The third-order valence-electron chi connectivity index (χ3n) is 4.87. The molecule has 0 saturated carbocycles. The molecule has 0 aromatic heterocycles. The summed E-state index contributed by atoms with van der Waals surface area (Å²) in [6, 6.07) is 6.48. The van der Waals surface area contributed by atoms with Crippen LogP contribution in [0.15, 0.2) is 18.2 Å². The van der Waals surface area contributed by atoms with Crippen LogP contribution in [-0.2, 0) is 13.0 Å². The van der Waals surface area contributed by atoms with Crippen LogP contribution in [0, 0.1) is 5.41 Å². The lowest BCUT2D eigenvalue weighted by Gasteiger charge is -2.37. The Balaban J connectivity index is 1.66. The average Bonchev–Trinajstić information content (AvgIpc) is 2.49. The third-order valence-corrected chi connectivity index (χ3v) is 4.87. The molecule has 1 aromatic rings. The van der Waals surface area contributed by atoms with Crippen LogP contribution in [0.1, 0.15) is 30.9 Å². The number of hydrogen-bond donors (Lipinski definition) is 1. The van der Waals surface area contributed by atoms with Gasteiger partial charge in [0.2, 0.25) is 0 Å². The number of rotatable bonds is 3. The van der Waals surface area contributed by atoms with Gasteiger partial charge in [-0.3, -0.25) is 0 Å². The molecular weight excluding hydrogens is 248 g/mol. The van der Waals surface area contributed by atoms with Crippen LogP contribution in [0.25, 0.3) is 0 Å². The van der Waals surface area contributed by atoms with Crippen LogP contribution in [0.4, 0.5) is 0 Å². The minimum Gasteiger partial charge on any atom is -0.493 e. The van der Waals surface area contributed by atoms with Gasteiger partial charge in [-0.25, -0.2) is 0 Å². The van der Waals surface area contributed by atoms with Gasteiger partial charge in [0, 0.05) is 12.0 Å². The fourth-order valence-corrected chi connectivity index (χ4v) is 3.19. The fourth-order valence-electron chi connectivity index (χ4n) is 3.19. The zero-order chi connectivity index (χ0) is 14.0. The molecule has 0 bridgehead atoms. The van der Waals surface area contributed by atoms with Gasteiger partial charge >= 0.3 is 0 Å². The Labute approximate surface area is 122 Å². The van der Waals surface area contributed by atoms with Crippen molar-refractivity contribution in [1.29, 1.82) is 0 Å². The largest absolute Gasteiger partial charge is 0.493 e. The Morgan fingerprint density at radius 1 is 1.30 bits per heavy atom. The Morgan fingerprint density at radius 2 is 2.10 bits per heavy atom. The molecule has 1 aromatic carbocycles. The highest BCUT2D eigenvalue weighted by atomic mass is 16.5. The fraction of sp³-hybridized carbons (Fsp3) is 0.647. The lowest BCUT2D eigenvalue weighted by molar-refractivity contribution is 0.0798. The molecule has 2 aliphatic heterocycles. The van der Waals surface area contributed by atoms with Gasteiger partial charge in [0.05, 0.1) is 6.61 Å². The summed E-state index contributed by atoms with van der Waals surface area (Å²) in [4.78, 5) is 2.41. The number of benzene rings is 1. The standard InChI is InChI=1S/C17H26N2O/c1-17(7-10-19(2)11-8-17)13-20-16-5-3-4-14-12-18-9-6-15(14)16/h3-5,18H,6-13H2,1-2H3. The molecule has 3 rings (SSSR count). The van der Waals surface area contributed by atoms with E-state index in [9.17, 15) is 0 Å². The maximum Gasteiger partial charge on any atom is 0.122 e. The maximum atomic E-state index is 6.24. The van der Waals surface area contributed by atoms with Gasteiger partial charge in [-0.15, -0.1) is 0 Å². The van der Waals surface area contributed by atoms with Crippen molar-refractivity contribution in [3.63, 3.8) is 0 Å². The van der Waals surface area contributed by atoms with Crippen LogP contribution in [0.3, 0.4) is 0 Å². The molecule has 2 aliphatic rings. The Bertz CT molecular complexity index is 464. The van der Waals surface area contributed by atoms with Crippen molar-refractivity contribution in [2.45, 2.75) is 32.7 Å². The van der Waals surface area contributed by atoms with Crippen molar-refractivity contribution in [2.24, 2.45) is 5.41 Å². The summed E-state index contributed by atoms with van der Waals surface area (Å²) in [6.07, 6.45) is 3.56. The summed E-state index contributed by atoms with van der Waals surface area (Å²) < 4.78 is 6.24. The second kappa shape index (κ2) is 5.74. The Hall–Kier alpha value is -1.06. The zero-order valence-electron chi connectivity index (χ0n) is 12.7. The van der Waals surface area contributed by atoms with Gasteiger partial charge in [0.25, 0.3) is 0 Å². The average molecular weight is 274 g/mol. The molecular formula is C17H26N2O. The van der Waals surface area contributed by atoms with E-state index in [0.29, 0.717) is 5.41 Å². The van der Waals surface area contributed by atoms with E-state index in [2.05, 4.69) is 42.4 Å². The highest BCUT2D eigenvalue weighted by molar-refractivity contribution is 5.41. The Kier molecular flexibility index (Phi) is 3.99. The van der Waals surface area contributed by atoms with Crippen LogP contribution >= 0.6 is 0 Å². The quantitative estimate of drug-likeness (QED) is 0.916. The number of likely N-dealkylation sites (tertiary alicyclic amines) is 1. The molecule has 1 saturated heterocycles. The number of nitrogens with zero attached hydrogens (tertiary/aromatic N) is 1. The van der Waals surface area contributed by atoms with E-state index in [-0.39, 0.29) is 0 Å². The number of piperidine rings is 1. The topological polar surface area (TPSA) is 24.5 Å². The SMILES string of the molecule is CN1CCC(C)(COc2cccc3c2CCNC3)CC1. The van der Waals surface area contributed by atoms with Gasteiger partial charge in [-0.2, -0.15) is 0 Å².